The van der Waals surface area contributed by atoms with Gasteiger partial charge in [-0.25, -0.2) is 4.79 Å². The van der Waals surface area contributed by atoms with Gasteiger partial charge in [0, 0.05) is 25.8 Å². The molecule has 0 aromatic rings. The number of unbranched alkanes of at least 4 members (excludes halogenated alkanes) is 4. The van der Waals surface area contributed by atoms with Crippen molar-refractivity contribution < 1.29 is 53.1 Å². The summed E-state index contributed by atoms with van der Waals surface area (Å²) in [4.78, 5) is 55.8. The Labute approximate surface area is 243 Å². The molecule has 0 saturated heterocycles. The molecule has 1 radical (unpaired) electrons. The minimum atomic E-state index is -1.20. The van der Waals surface area contributed by atoms with E-state index in [1.54, 1.807) is 6.29 Å². The van der Waals surface area contributed by atoms with E-state index in [4.69, 9.17) is 29.2 Å². The van der Waals surface area contributed by atoms with E-state index in [1.807, 2.05) is 6.92 Å². The van der Waals surface area contributed by atoms with Crippen molar-refractivity contribution in [2.75, 3.05) is 59.4 Å². The number of nitrogens with one attached hydrogen (secondary N) is 2. The van der Waals surface area contributed by atoms with Gasteiger partial charge in [-0.2, -0.15) is 0 Å². The molecular weight excluding hydrogens is 540 g/mol. The summed E-state index contributed by atoms with van der Waals surface area (Å²) in [5, 5.41) is 23.2. The molecule has 0 aliphatic rings. The molecule has 0 heterocycles. The number of amides is 2. The minimum Gasteiger partial charge on any atom is -0.481 e. The van der Waals surface area contributed by atoms with Crippen molar-refractivity contribution >= 4 is 30.0 Å². The molecule has 4 N–H and O–H groups in total. The van der Waals surface area contributed by atoms with E-state index in [2.05, 4.69) is 10.6 Å². The van der Waals surface area contributed by atoms with Crippen LogP contribution in [0.3, 0.4) is 0 Å². The fourth-order valence-electron chi connectivity index (χ4n) is 3.71. The molecule has 0 aromatic carbocycles. The average molecular weight is 590 g/mol. The Hall–Kier alpha value is -2.61. The van der Waals surface area contributed by atoms with Crippen LogP contribution < -0.4 is 10.6 Å². The number of hydrogen-bond acceptors (Lipinski definition) is 9. The Morgan fingerprint density at radius 3 is 1.80 bits per heavy atom. The van der Waals surface area contributed by atoms with Crippen LogP contribution in [0.2, 0.25) is 0 Å². The zero-order valence-corrected chi connectivity index (χ0v) is 24.4. The standard InChI is InChI=1S/C28H49N2O11/c1-2-23(27(34)35)9-6-4-3-5-7-11-25(32)29-13-16-39-18-20-41-22-21-40-19-17-38-15-12-26(33)30-24(28(36)37)10-8-14-31/h23-24H,2-13,15-22H2,1H3,(H,29,32)(H,30,33)(H,34,35)(H,36,37). The molecule has 237 valence electrons. The van der Waals surface area contributed by atoms with Crippen LogP contribution in [0.25, 0.3) is 0 Å². The van der Waals surface area contributed by atoms with E-state index in [0.717, 1.165) is 38.5 Å². The lowest BCUT2D eigenvalue weighted by molar-refractivity contribution is -0.142. The van der Waals surface area contributed by atoms with Gasteiger partial charge >= 0.3 is 11.9 Å². The van der Waals surface area contributed by atoms with E-state index in [9.17, 15) is 24.0 Å². The summed E-state index contributed by atoms with van der Waals surface area (Å²) in [6, 6.07) is -1.12. The van der Waals surface area contributed by atoms with E-state index in [1.165, 1.54) is 0 Å². The van der Waals surface area contributed by atoms with Crippen LogP contribution in [0.5, 0.6) is 0 Å². The smallest absolute Gasteiger partial charge is 0.326 e. The van der Waals surface area contributed by atoms with Crippen LogP contribution in [-0.4, -0.2) is 106 Å². The molecule has 0 saturated carbocycles. The van der Waals surface area contributed by atoms with Gasteiger partial charge in [-0.3, -0.25) is 19.2 Å². The molecule has 0 bridgehead atoms. The topological polar surface area (TPSA) is 187 Å². The van der Waals surface area contributed by atoms with Gasteiger partial charge in [0.15, 0.2) is 6.29 Å². The fraction of sp³-hybridized carbons (Fsp3) is 0.821. The Balaban J connectivity index is 3.41. The number of ether oxygens (including phenoxy) is 4. The van der Waals surface area contributed by atoms with Crippen molar-refractivity contribution in [1.29, 1.82) is 0 Å². The molecule has 0 spiro atoms. The van der Waals surface area contributed by atoms with Gasteiger partial charge in [0.25, 0.3) is 0 Å². The summed E-state index contributed by atoms with van der Waals surface area (Å²) in [5.41, 5.74) is 0. The van der Waals surface area contributed by atoms with Gasteiger partial charge in [-0.15, -0.1) is 0 Å². The van der Waals surface area contributed by atoms with Crippen LogP contribution in [0.4, 0.5) is 0 Å². The van der Waals surface area contributed by atoms with Crippen LogP contribution in [0.1, 0.15) is 77.6 Å². The van der Waals surface area contributed by atoms with Crippen LogP contribution >= 0.6 is 0 Å². The summed E-state index contributed by atoms with van der Waals surface area (Å²) in [7, 11) is 0. The number of carboxylic acid groups (broad SMARTS) is 2. The first-order valence-corrected chi connectivity index (χ1v) is 14.5. The minimum absolute atomic E-state index is 0.000257. The quantitative estimate of drug-likeness (QED) is 0.0896. The Morgan fingerprint density at radius 2 is 1.24 bits per heavy atom. The van der Waals surface area contributed by atoms with Gasteiger partial charge in [0.05, 0.1) is 58.8 Å². The zero-order valence-electron chi connectivity index (χ0n) is 24.4. The van der Waals surface area contributed by atoms with Crippen molar-refractivity contribution in [1.82, 2.24) is 10.6 Å². The molecule has 0 rings (SSSR count). The predicted octanol–water partition coefficient (Wildman–Crippen LogP) is 1.86. The number of aliphatic carboxylic acids is 2. The number of carboxylic acids is 2. The predicted molar refractivity (Wildman–Crippen MR) is 149 cm³/mol. The Morgan fingerprint density at radius 1 is 0.683 bits per heavy atom. The first-order chi connectivity index (χ1) is 19.8. The molecular formula is C28H49N2O11. The molecule has 0 aromatic heterocycles. The summed E-state index contributed by atoms with van der Waals surface area (Å²) in [5.74, 6) is -2.63. The molecule has 0 aliphatic carbocycles. The highest BCUT2D eigenvalue weighted by atomic mass is 16.6. The lowest BCUT2D eigenvalue weighted by atomic mass is 9.98. The number of rotatable bonds is 30. The van der Waals surface area contributed by atoms with Gasteiger partial charge in [0.1, 0.15) is 6.04 Å². The first kappa shape index (κ1) is 38.4. The van der Waals surface area contributed by atoms with Crippen LogP contribution in [0, 0.1) is 5.92 Å². The second-order valence-corrected chi connectivity index (χ2v) is 9.44. The van der Waals surface area contributed by atoms with Crippen molar-refractivity contribution in [3.63, 3.8) is 0 Å². The van der Waals surface area contributed by atoms with Crippen LogP contribution in [-0.2, 0) is 42.9 Å². The zero-order chi connectivity index (χ0) is 30.6. The summed E-state index contributed by atoms with van der Waals surface area (Å²) in [6.45, 7) is 5.01. The average Bonchev–Trinajstić information content (AvgIpc) is 2.94. The highest BCUT2D eigenvalue weighted by Crippen LogP contribution is 2.15. The third-order valence-corrected chi connectivity index (χ3v) is 6.12. The maximum absolute atomic E-state index is 11.8. The van der Waals surface area contributed by atoms with Gasteiger partial charge in [-0.1, -0.05) is 32.6 Å². The largest absolute Gasteiger partial charge is 0.481 e. The summed E-state index contributed by atoms with van der Waals surface area (Å²) >= 11 is 0. The van der Waals surface area contributed by atoms with Crippen molar-refractivity contribution in [2.24, 2.45) is 5.92 Å². The maximum Gasteiger partial charge on any atom is 0.326 e. The molecule has 41 heavy (non-hydrogen) atoms. The lowest BCUT2D eigenvalue weighted by Crippen LogP contribution is -2.41. The monoisotopic (exact) mass is 589 g/mol. The Bertz CT molecular complexity index is 721. The SMILES string of the molecule is CCC(CCCCCCCC(=O)NCCOCCOCCOCCOCCC(=O)NC(CC[C]=O)C(=O)O)C(=O)O. The highest BCUT2D eigenvalue weighted by molar-refractivity contribution is 5.83. The number of carbonyl (C=O) groups excluding carboxylic acids is 3. The maximum atomic E-state index is 11.8. The second kappa shape index (κ2) is 27.6. The normalized spacial score (nSPS) is 12.4. The van der Waals surface area contributed by atoms with Crippen molar-refractivity contribution in [2.45, 2.75) is 83.6 Å². The molecule has 0 fully saturated rings. The summed E-state index contributed by atoms with van der Waals surface area (Å²) in [6.07, 6.45) is 8.09. The molecule has 2 unspecified atom stereocenters. The third kappa shape index (κ3) is 24.9. The van der Waals surface area contributed by atoms with Gasteiger partial charge in [0.2, 0.25) is 11.8 Å². The molecule has 2 atom stereocenters. The molecule has 13 nitrogen and oxygen atoms in total. The third-order valence-electron chi connectivity index (χ3n) is 6.12. The highest BCUT2D eigenvalue weighted by Gasteiger charge is 2.19. The first-order valence-electron chi connectivity index (χ1n) is 14.5. The van der Waals surface area contributed by atoms with E-state index < -0.39 is 23.9 Å². The number of hydrogen-bond donors (Lipinski definition) is 4. The molecule has 2 amide bonds. The Kier molecular flexibility index (Phi) is 25.8. The van der Waals surface area contributed by atoms with Gasteiger partial charge < -0.3 is 39.8 Å². The second-order valence-electron chi connectivity index (χ2n) is 9.44. The lowest BCUT2D eigenvalue weighted by Gasteiger charge is -2.13. The molecule has 0 aliphatic heterocycles. The van der Waals surface area contributed by atoms with E-state index in [0.29, 0.717) is 59.0 Å². The fourth-order valence-corrected chi connectivity index (χ4v) is 3.71. The number of carbonyl (C=O) groups is 4. The van der Waals surface area contributed by atoms with Crippen molar-refractivity contribution in [3.8, 4) is 0 Å². The van der Waals surface area contributed by atoms with Crippen molar-refractivity contribution in [3.05, 3.63) is 0 Å². The van der Waals surface area contributed by atoms with Gasteiger partial charge in [-0.05, 0) is 25.7 Å². The summed E-state index contributed by atoms with van der Waals surface area (Å²) < 4.78 is 21.5. The van der Waals surface area contributed by atoms with E-state index in [-0.39, 0.29) is 44.3 Å². The van der Waals surface area contributed by atoms with Crippen LogP contribution in [0.15, 0.2) is 0 Å². The molecule has 13 heteroatoms. The van der Waals surface area contributed by atoms with E-state index >= 15 is 0 Å².